The van der Waals surface area contributed by atoms with E-state index < -0.39 is 5.54 Å². The summed E-state index contributed by atoms with van der Waals surface area (Å²) in [5.41, 5.74) is 3.95. The van der Waals surface area contributed by atoms with E-state index in [0.717, 1.165) is 36.0 Å². The molecule has 0 bridgehead atoms. The quantitative estimate of drug-likeness (QED) is 0.260. The van der Waals surface area contributed by atoms with Gasteiger partial charge in [0.15, 0.2) is 0 Å². The van der Waals surface area contributed by atoms with Crippen LogP contribution in [0.3, 0.4) is 0 Å². The van der Waals surface area contributed by atoms with E-state index in [1.54, 1.807) is 0 Å². The maximum Gasteiger partial charge on any atom is 0.326 e. The summed E-state index contributed by atoms with van der Waals surface area (Å²) in [6.45, 7) is 22.3. The Kier molecular flexibility index (Phi) is 7.12. The summed E-state index contributed by atoms with van der Waals surface area (Å²) in [6, 6.07) is 0. The first-order valence-corrected chi connectivity index (χ1v) is 17.2. The van der Waals surface area contributed by atoms with Crippen molar-refractivity contribution >= 4 is 5.97 Å². The molecule has 3 nitrogen and oxygen atoms in total. The largest absolute Gasteiger partial charge is 0.465 e. The van der Waals surface area contributed by atoms with Gasteiger partial charge in [-0.15, -0.1) is 0 Å². The number of hydrogen-bond donors (Lipinski definition) is 1. The van der Waals surface area contributed by atoms with Gasteiger partial charge in [0.2, 0.25) is 0 Å². The summed E-state index contributed by atoms with van der Waals surface area (Å²) in [5.74, 6) is 5.04. The van der Waals surface area contributed by atoms with E-state index in [0.29, 0.717) is 28.8 Å². The van der Waals surface area contributed by atoms with Crippen molar-refractivity contribution in [2.45, 2.75) is 118 Å². The summed E-state index contributed by atoms with van der Waals surface area (Å²) in [4.78, 5) is 12.6. The molecule has 5 fully saturated rings. The molecule has 5 saturated carbocycles. The van der Waals surface area contributed by atoms with Gasteiger partial charge < -0.3 is 10.1 Å². The third-order valence-electron chi connectivity index (χ3n) is 14.9. The van der Waals surface area contributed by atoms with Crippen molar-refractivity contribution in [3.05, 3.63) is 36.0 Å². The monoisotopic (exact) mass is 561 g/mol. The van der Waals surface area contributed by atoms with Crippen LogP contribution in [0.15, 0.2) is 36.0 Å². The Bertz CT molecular complexity index is 1150. The van der Waals surface area contributed by atoms with E-state index in [1.165, 1.54) is 68.9 Å². The molecule has 11 atom stereocenters. The molecule has 0 aromatic rings. The summed E-state index contributed by atoms with van der Waals surface area (Å²) in [7, 11) is 1.89. The molecule has 0 saturated heterocycles. The van der Waals surface area contributed by atoms with Crippen LogP contribution >= 0.6 is 0 Å². The lowest BCUT2D eigenvalue weighted by Crippen LogP contribution is -2.61. The van der Waals surface area contributed by atoms with Crippen molar-refractivity contribution < 1.29 is 9.53 Å². The topological polar surface area (TPSA) is 38.3 Å². The van der Waals surface area contributed by atoms with Crippen molar-refractivity contribution in [1.82, 2.24) is 5.32 Å². The Hall–Kier alpha value is -1.35. The van der Waals surface area contributed by atoms with E-state index in [-0.39, 0.29) is 17.3 Å². The highest BCUT2D eigenvalue weighted by Crippen LogP contribution is 2.73. The standard InChI is InChI=1S/C38H59NO2/c1-10-41-33(40)38(39-9)23-26(38)12-11-25-15-21-37(8)30(34(25,4)5)18-22-36(7)29-17-20-35(6)19-16-27(24(2)3)32(35)28(29)13-14-31(36)37/h11-12,15,26-32,39H,2,10,13-14,16-23H2,1,3-9H3/b12-11+. The van der Waals surface area contributed by atoms with Gasteiger partial charge in [-0.2, -0.15) is 0 Å². The molecule has 0 heterocycles. The zero-order chi connectivity index (χ0) is 29.6. The van der Waals surface area contributed by atoms with Crippen LogP contribution in [0, 0.1) is 63.1 Å². The molecule has 0 spiro atoms. The Morgan fingerprint density at radius 1 is 1.02 bits per heavy atom. The second-order valence-electron chi connectivity index (χ2n) is 16.9. The van der Waals surface area contributed by atoms with E-state index in [1.807, 2.05) is 14.0 Å². The van der Waals surface area contributed by atoms with Crippen LogP contribution in [0.25, 0.3) is 0 Å². The number of carbonyl (C=O) groups excluding carboxylic acids is 1. The molecule has 1 N–H and O–H groups in total. The van der Waals surface area contributed by atoms with Gasteiger partial charge in [-0.05, 0) is 148 Å². The molecule has 3 heteroatoms. The van der Waals surface area contributed by atoms with Crippen LogP contribution in [0.5, 0.6) is 0 Å². The predicted octanol–water partition coefficient (Wildman–Crippen LogP) is 8.91. The van der Waals surface area contributed by atoms with Crippen molar-refractivity contribution in [3.63, 3.8) is 0 Å². The molecule has 11 unspecified atom stereocenters. The number of esters is 1. The average molecular weight is 562 g/mol. The number of carbonyl (C=O) groups is 1. The van der Waals surface area contributed by atoms with Crippen LogP contribution in [0.1, 0.15) is 113 Å². The van der Waals surface area contributed by atoms with E-state index >= 15 is 0 Å². The molecule has 0 radical (unpaired) electrons. The minimum absolute atomic E-state index is 0.0982. The summed E-state index contributed by atoms with van der Waals surface area (Å²) in [6.07, 6.45) is 20.6. The second-order valence-corrected chi connectivity index (χ2v) is 16.9. The van der Waals surface area contributed by atoms with Crippen LogP contribution in [-0.4, -0.2) is 25.2 Å². The Balaban J connectivity index is 1.24. The molecule has 0 amide bonds. The molecule has 0 aliphatic heterocycles. The van der Waals surface area contributed by atoms with Crippen LogP contribution in [0.4, 0.5) is 0 Å². The summed E-state index contributed by atoms with van der Waals surface area (Å²) >= 11 is 0. The minimum atomic E-state index is -0.524. The summed E-state index contributed by atoms with van der Waals surface area (Å²) in [5, 5.41) is 3.28. The zero-order valence-corrected chi connectivity index (χ0v) is 27.6. The first-order valence-electron chi connectivity index (χ1n) is 17.2. The van der Waals surface area contributed by atoms with Crippen molar-refractivity contribution in [3.8, 4) is 0 Å². The number of likely N-dealkylation sites (N-methyl/N-ethyl adjacent to an activating group) is 1. The third kappa shape index (κ3) is 4.16. The van der Waals surface area contributed by atoms with Crippen LogP contribution in [0.2, 0.25) is 0 Å². The molecule has 0 aromatic heterocycles. The number of ether oxygens (including phenoxy) is 1. The van der Waals surface area contributed by atoms with E-state index in [9.17, 15) is 4.79 Å². The fourth-order valence-corrected chi connectivity index (χ4v) is 12.7. The van der Waals surface area contributed by atoms with Gasteiger partial charge in [-0.1, -0.05) is 65.0 Å². The number of rotatable bonds is 6. The number of fused-ring (bicyclic) bond motifs is 7. The first-order chi connectivity index (χ1) is 19.3. The van der Waals surface area contributed by atoms with Crippen molar-refractivity contribution in [2.75, 3.05) is 13.7 Å². The molecule has 0 aromatic carbocycles. The van der Waals surface area contributed by atoms with Gasteiger partial charge in [0.05, 0.1) is 6.61 Å². The number of hydrogen-bond acceptors (Lipinski definition) is 3. The van der Waals surface area contributed by atoms with E-state index in [2.05, 4.69) is 71.7 Å². The normalized spacial score (nSPS) is 49.8. The van der Waals surface area contributed by atoms with Crippen LogP contribution in [-0.2, 0) is 9.53 Å². The average Bonchev–Trinajstić information content (AvgIpc) is 3.51. The molecule has 228 valence electrons. The Morgan fingerprint density at radius 3 is 2.44 bits per heavy atom. The SMILES string of the molecule is C=C(C)C1CCC2(C)CCC3C(CCC4C3(C)CCC3C(C)(C)C(/C=C/C5CC5(NC)C(=O)OCC)=CCC34C)C12. The Labute approximate surface area is 251 Å². The highest BCUT2D eigenvalue weighted by atomic mass is 16.5. The lowest BCUT2D eigenvalue weighted by Gasteiger charge is -2.68. The smallest absolute Gasteiger partial charge is 0.326 e. The molecule has 6 rings (SSSR count). The van der Waals surface area contributed by atoms with Gasteiger partial charge in [-0.25, -0.2) is 0 Å². The first kappa shape index (κ1) is 29.7. The van der Waals surface area contributed by atoms with E-state index in [4.69, 9.17) is 4.74 Å². The second kappa shape index (κ2) is 9.83. The highest BCUT2D eigenvalue weighted by molar-refractivity contribution is 5.85. The van der Waals surface area contributed by atoms with Gasteiger partial charge in [-0.3, -0.25) is 4.79 Å². The van der Waals surface area contributed by atoms with Gasteiger partial charge >= 0.3 is 5.97 Å². The van der Waals surface area contributed by atoms with Gasteiger partial charge in [0, 0.05) is 5.92 Å². The lowest BCUT2D eigenvalue weighted by molar-refractivity contribution is -0.181. The number of allylic oxidation sites excluding steroid dienone is 4. The molecule has 41 heavy (non-hydrogen) atoms. The van der Waals surface area contributed by atoms with Crippen molar-refractivity contribution in [2.24, 2.45) is 63.1 Å². The van der Waals surface area contributed by atoms with Crippen molar-refractivity contribution in [1.29, 1.82) is 0 Å². The maximum absolute atomic E-state index is 12.6. The van der Waals surface area contributed by atoms with Gasteiger partial charge in [0.25, 0.3) is 0 Å². The molecule has 6 aliphatic carbocycles. The highest BCUT2D eigenvalue weighted by Gasteiger charge is 2.66. The predicted molar refractivity (Wildman–Crippen MR) is 169 cm³/mol. The third-order valence-corrected chi connectivity index (χ3v) is 14.9. The molecule has 6 aliphatic rings. The lowest BCUT2D eigenvalue weighted by atomic mass is 9.36. The Morgan fingerprint density at radius 2 is 1.76 bits per heavy atom. The minimum Gasteiger partial charge on any atom is -0.465 e. The molecular weight excluding hydrogens is 502 g/mol. The fourth-order valence-electron chi connectivity index (χ4n) is 12.7. The molecular formula is C38H59NO2. The maximum atomic E-state index is 12.6. The van der Waals surface area contributed by atoms with Crippen LogP contribution < -0.4 is 5.32 Å². The number of nitrogens with one attached hydrogen (secondary N) is 1. The summed E-state index contributed by atoms with van der Waals surface area (Å²) < 4.78 is 5.40. The zero-order valence-electron chi connectivity index (χ0n) is 27.6. The fraction of sp³-hybridized carbons (Fsp3) is 0.816. The van der Waals surface area contributed by atoms with Gasteiger partial charge in [0.1, 0.15) is 5.54 Å².